The molecule has 0 aliphatic heterocycles. The highest BCUT2D eigenvalue weighted by molar-refractivity contribution is 6.13. The fourth-order valence-electron chi connectivity index (χ4n) is 8.34. The summed E-state index contributed by atoms with van der Waals surface area (Å²) in [5, 5.41) is 4.74. The Morgan fingerprint density at radius 1 is 0.449 bits per heavy atom. The molecule has 1 heterocycles. The molecule has 1 fully saturated rings. The molecule has 0 unspecified atom stereocenters. The molecule has 0 atom stereocenters. The summed E-state index contributed by atoms with van der Waals surface area (Å²) in [6, 6.07) is 59.8. The van der Waals surface area contributed by atoms with Gasteiger partial charge in [-0.3, -0.25) is 0 Å². The fourth-order valence-corrected chi connectivity index (χ4v) is 8.34. The molecule has 1 aliphatic carbocycles. The molecule has 1 aromatic heterocycles. The van der Waals surface area contributed by atoms with E-state index in [0.29, 0.717) is 0 Å². The van der Waals surface area contributed by atoms with Crippen molar-refractivity contribution < 1.29 is 4.42 Å². The van der Waals surface area contributed by atoms with E-state index in [0.717, 1.165) is 39.0 Å². The van der Waals surface area contributed by atoms with Crippen molar-refractivity contribution in [3.63, 3.8) is 0 Å². The van der Waals surface area contributed by atoms with E-state index in [9.17, 15) is 0 Å². The SMILES string of the molecule is c1ccc(-c2cccc3oc4ccc(N(c5ccc(C6(c7ccccc7)CCCCCC6)cc5)c5ccc6ccccc6c5)cc4c23)cc1. The molecule has 0 radical (unpaired) electrons. The second-order valence-corrected chi connectivity index (χ2v) is 13.6. The van der Waals surface area contributed by atoms with E-state index in [2.05, 4.69) is 169 Å². The lowest BCUT2D eigenvalue weighted by Crippen LogP contribution is -2.27. The Hall–Kier alpha value is -5.60. The van der Waals surface area contributed by atoms with Crippen molar-refractivity contribution in [2.45, 2.75) is 43.9 Å². The topological polar surface area (TPSA) is 16.4 Å². The van der Waals surface area contributed by atoms with Gasteiger partial charge in [0.1, 0.15) is 11.2 Å². The molecule has 1 saturated carbocycles. The first-order valence-electron chi connectivity index (χ1n) is 17.7. The largest absolute Gasteiger partial charge is 0.456 e. The number of benzene rings is 7. The number of furan rings is 1. The molecule has 1 aliphatic rings. The van der Waals surface area contributed by atoms with Crippen molar-refractivity contribution >= 4 is 49.8 Å². The molecule has 0 saturated heterocycles. The minimum Gasteiger partial charge on any atom is -0.456 e. The van der Waals surface area contributed by atoms with Crippen LogP contribution in [0.1, 0.15) is 49.7 Å². The normalized spacial score (nSPS) is 14.6. The zero-order valence-electron chi connectivity index (χ0n) is 27.7. The summed E-state index contributed by atoms with van der Waals surface area (Å²) in [6.07, 6.45) is 7.56. The predicted octanol–water partition coefficient (Wildman–Crippen LogP) is 13.5. The highest BCUT2D eigenvalue weighted by Crippen LogP contribution is 2.46. The van der Waals surface area contributed by atoms with Crippen LogP contribution < -0.4 is 4.90 Å². The molecule has 8 aromatic rings. The van der Waals surface area contributed by atoms with E-state index in [-0.39, 0.29) is 5.41 Å². The Kier molecular flexibility index (Phi) is 7.50. The molecular weight excluding hydrogens is 595 g/mol. The minimum absolute atomic E-state index is 0.0481. The van der Waals surface area contributed by atoms with E-state index < -0.39 is 0 Å². The van der Waals surface area contributed by atoms with E-state index in [1.54, 1.807) is 0 Å². The third kappa shape index (κ3) is 5.29. The highest BCUT2D eigenvalue weighted by Gasteiger charge is 2.34. The number of nitrogens with zero attached hydrogens (tertiary/aromatic N) is 1. The Labute approximate surface area is 288 Å². The van der Waals surface area contributed by atoms with Crippen LogP contribution in [0.4, 0.5) is 17.1 Å². The number of fused-ring (bicyclic) bond motifs is 4. The standard InChI is InChI=1S/C47H39NO/c1-2-12-31-47(30-11-1,37-18-7-4-8-19-37)38-23-26-39(27-24-38)48(40-25-22-34-14-9-10-17-36(34)32-40)41-28-29-44-43(33-41)46-42(20-13-21-45(46)49-44)35-15-5-3-6-16-35/h3-10,13-29,32-33H,1-2,11-12,30-31H2. The lowest BCUT2D eigenvalue weighted by atomic mass is 9.69. The molecule has 9 rings (SSSR count). The Morgan fingerprint density at radius 3 is 1.86 bits per heavy atom. The predicted molar refractivity (Wildman–Crippen MR) is 206 cm³/mol. The molecule has 0 amide bonds. The molecule has 49 heavy (non-hydrogen) atoms. The second kappa shape index (κ2) is 12.5. The second-order valence-electron chi connectivity index (χ2n) is 13.6. The van der Waals surface area contributed by atoms with Gasteiger partial charge in [-0.1, -0.05) is 141 Å². The van der Waals surface area contributed by atoms with Crippen LogP contribution in [0.5, 0.6) is 0 Å². The third-order valence-electron chi connectivity index (χ3n) is 10.8. The number of hydrogen-bond donors (Lipinski definition) is 0. The summed E-state index contributed by atoms with van der Waals surface area (Å²) in [7, 11) is 0. The van der Waals surface area contributed by atoms with Crippen LogP contribution in [0.25, 0.3) is 43.8 Å². The Bertz CT molecular complexity index is 2380. The number of hydrogen-bond acceptors (Lipinski definition) is 2. The fraction of sp³-hybridized carbons (Fsp3) is 0.149. The van der Waals surface area contributed by atoms with E-state index in [1.807, 2.05) is 0 Å². The van der Waals surface area contributed by atoms with Gasteiger partial charge in [0.05, 0.1) is 0 Å². The summed E-state index contributed by atoms with van der Waals surface area (Å²) in [4.78, 5) is 2.40. The van der Waals surface area contributed by atoms with E-state index in [4.69, 9.17) is 4.42 Å². The van der Waals surface area contributed by atoms with Crippen LogP contribution in [0.3, 0.4) is 0 Å². The van der Waals surface area contributed by atoms with Crippen molar-refractivity contribution in [3.05, 3.63) is 175 Å². The van der Waals surface area contributed by atoms with Gasteiger partial charge < -0.3 is 9.32 Å². The first-order valence-corrected chi connectivity index (χ1v) is 17.7. The lowest BCUT2D eigenvalue weighted by molar-refractivity contribution is 0.446. The average Bonchev–Trinajstić information content (AvgIpc) is 3.36. The van der Waals surface area contributed by atoms with Gasteiger partial charge in [0.25, 0.3) is 0 Å². The highest BCUT2D eigenvalue weighted by atomic mass is 16.3. The van der Waals surface area contributed by atoms with Gasteiger partial charge in [-0.15, -0.1) is 0 Å². The maximum Gasteiger partial charge on any atom is 0.136 e. The van der Waals surface area contributed by atoms with Crippen LogP contribution in [-0.2, 0) is 5.41 Å². The van der Waals surface area contributed by atoms with Gasteiger partial charge in [0, 0.05) is 33.2 Å². The van der Waals surface area contributed by atoms with E-state index >= 15 is 0 Å². The van der Waals surface area contributed by atoms with Crippen LogP contribution >= 0.6 is 0 Å². The molecular formula is C47H39NO. The van der Waals surface area contributed by atoms with Crippen LogP contribution in [-0.4, -0.2) is 0 Å². The van der Waals surface area contributed by atoms with Crippen LogP contribution in [0.2, 0.25) is 0 Å². The van der Waals surface area contributed by atoms with Crippen molar-refractivity contribution in [3.8, 4) is 11.1 Å². The van der Waals surface area contributed by atoms with Gasteiger partial charge in [-0.05, 0) is 94.4 Å². The van der Waals surface area contributed by atoms with Crippen LogP contribution in [0, 0.1) is 0 Å². The summed E-state index contributed by atoms with van der Waals surface area (Å²) in [5.41, 5.74) is 10.5. The average molecular weight is 634 g/mol. The van der Waals surface area contributed by atoms with Crippen molar-refractivity contribution in [2.24, 2.45) is 0 Å². The summed E-state index contributed by atoms with van der Waals surface area (Å²) < 4.78 is 6.45. The molecule has 238 valence electrons. The van der Waals surface area contributed by atoms with Crippen molar-refractivity contribution in [1.29, 1.82) is 0 Å². The van der Waals surface area contributed by atoms with Crippen molar-refractivity contribution in [2.75, 3.05) is 4.90 Å². The first-order chi connectivity index (χ1) is 24.3. The van der Waals surface area contributed by atoms with Gasteiger partial charge in [-0.25, -0.2) is 0 Å². The number of anilines is 3. The molecule has 0 spiro atoms. The zero-order valence-corrected chi connectivity index (χ0v) is 27.7. The maximum absolute atomic E-state index is 6.45. The first kappa shape index (κ1) is 29.5. The van der Waals surface area contributed by atoms with Gasteiger partial charge >= 0.3 is 0 Å². The summed E-state index contributed by atoms with van der Waals surface area (Å²) >= 11 is 0. The quantitative estimate of drug-likeness (QED) is 0.169. The minimum atomic E-state index is 0.0481. The molecule has 0 N–H and O–H groups in total. The lowest BCUT2D eigenvalue weighted by Gasteiger charge is -2.35. The smallest absolute Gasteiger partial charge is 0.136 e. The Morgan fingerprint density at radius 2 is 1.08 bits per heavy atom. The van der Waals surface area contributed by atoms with Crippen LogP contribution in [0.15, 0.2) is 168 Å². The Balaban J connectivity index is 1.21. The van der Waals surface area contributed by atoms with Gasteiger partial charge in [0.2, 0.25) is 0 Å². The van der Waals surface area contributed by atoms with Crippen molar-refractivity contribution in [1.82, 2.24) is 0 Å². The summed E-state index contributed by atoms with van der Waals surface area (Å²) in [6.45, 7) is 0. The number of rotatable bonds is 6. The molecule has 7 aromatic carbocycles. The molecule has 2 heteroatoms. The molecule has 0 bridgehead atoms. The summed E-state index contributed by atoms with van der Waals surface area (Å²) in [5.74, 6) is 0. The van der Waals surface area contributed by atoms with Gasteiger partial charge in [0.15, 0.2) is 0 Å². The molecule has 2 nitrogen and oxygen atoms in total. The zero-order chi connectivity index (χ0) is 32.6. The monoisotopic (exact) mass is 633 g/mol. The maximum atomic E-state index is 6.45. The van der Waals surface area contributed by atoms with E-state index in [1.165, 1.54) is 71.6 Å². The van der Waals surface area contributed by atoms with Gasteiger partial charge in [-0.2, -0.15) is 0 Å². The third-order valence-corrected chi connectivity index (χ3v) is 10.8.